The van der Waals surface area contributed by atoms with Crippen molar-refractivity contribution in [2.45, 2.75) is 25.9 Å². The summed E-state index contributed by atoms with van der Waals surface area (Å²) in [7, 11) is 0. The van der Waals surface area contributed by atoms with Gasteiger partial charge in [0.15, 0.2) is 0 Å². The first-order chi connectivity index (χ1) is 21.3. The van der Waals surface area contributed by atoms with E-state index in [1.807, 2.05) is 53.4 Å². The third-order valence-corrected chi connectivity index (χ3v) is 8.02. The van der Waals surface area contributed by atoms with Gasteiger partial charge in [-0.1, -0.05) is 72.3 Å². The molecule has 0 saturated carbocycles. The number of rotatable bonds is 7. The number of imide groups is 1. The standard InChI is InChI=1S/C34H27ClN4O5/c35-28-18-24(15-16-29(28)39-33(43)26-8-3-4-9-27(26)34(39)44)37-32(42)31(41)36-19-23-6-1-2-7-25(23)22-13-11-21(12-14-22)20-38-17-5-10-30(38)40/h1-4,6-9,11-16,18H,5,10,17,19-20H2,(H,36,41)(H,37,42). The summed E-state index contributed by atoms with van der Waals surface area (Å²) < 4.78 is 0. The molecule has 2 aliphatic heterocycles. The molecule has 0 bridgehead atoms. The predicted octanol–water partition coefficient (Wildman–Crippen LogP) is 5.18. The zero-order valence-electron chi connectivity index (χ0n) is 23.5. The molecule has 44 heavy (non-hydrogen) atoms. The van der Waals surface area contributed by atoms with Crippen LogP contribution in [-0.4, -0.2) is 41.0 Å². The quantitative estimate of drug-likeness (QED) is 0.222. The summed E-state index contributed by atoms with van der Waals surface area (Å²) in [6.45, 7) is 1.49. The number of likely N-dealkylation sites (tertiary alicyclic amines) is 1. The van der Waals surface area contributed by atoms with Crippen LogP contribution in [0, 0.1) is 0 Å². The summed E-state index contributed by atoms with van der Waals surface area (Å²) >= 11 is 6.41. The fourth-order valence-electron chi connectivity index (χ4n) is 5.46. The van der Waals surface area contributed by atoms with Crippen molar-refractivity contribution in [2.75, 3.05) is 16.8 Å². The Labute approximate surface area is 258 Å². The maximum Gasteiger partial charge on any atom is 0.313 e. The van der Waals surface area contributed by atoms with Crippen molar-refractivity contribution in [3.05, 3.63) is 118 Å². The highest BCUT2D eigenvalue weighted by Gasteiger charge is 2.37. The number of hydrogen-bond acceptors (Lipinski definition) is 5. The number of nitrogens with one attached hydrogen (secondary N) is 2. The van der Waals surface area contributed by atoms with Crippen LogP contribution in [0.3, 0.4) is 0 Å². The second-order valence-corrected chi connectivity index (χ2v) is 11.0. The Balaban J connectivity index is 1.08. The van der Waals surface area contributed by atoms with Crippen molar-refractivity contribution in [3.8, 4) is 11.1 Å². The molecule has 0 atom stereocenters. The summed E-state index contributed by atoms with van der Waals surface area (Å²) in [5, 5.41) is 5.23. The Hall–Kier alpha value is -5.28. The predicted molar refractivity (Wildman–Crippen MR) is 166 cm³/mol. The van der Waals surface area contributed by atoms with E-state index in [0.29, 0.717) is 13.0 Å². The highest BCUT2D eigenvalue weighted by molar-refractivity contribution is 6.41. The van der Waals surface area contributed by atoms with Gasteiger partial charge in [0.25, 0.3) is 11.8 Å². The molecule has 6 rings (SSSR count). The van der Waals surface area contributed by atoms with E-state index >= 15 is 0 Å². The zero-order chi connectivity index (χ0) is 30.8. The van der Waals surface area contributed by atoms with Gasteiger partial charge in [0.05, 0.1) is 21.8 Å². The van der Waals surface area contributed by atoms with Crippen LogP contribution >= 0.6 is 11.6 Å². The van der Waals surface area contributed by atoms with Crippen LogP contribution in [0.4, 0.5) is 11.4 Å². The zero-order valence-corrected chi connectivity index (χ0v) is 24.3. The van der Waals surface area contributed by atoms with Gasteiger partial charge in [0, 0.05) is 31.7 Å². The molecule has 9 nitrogen and oxygen atoms in total. The molecule has 220 valence electrons. The molecule has 10 heteroatoms. The number of amides is 5. The Morgan fingerprint density at radius 3 is 2.07 bits per heavy atom. The number of anilines is 2. The first-order valence-corrected chi connectivity index (χ1v) is 14.5. The van der Waals surface area contributed by atoms with Gasteiger partial charge in [-0.05, 0) is 59.0 Å². The average Bonchev–Trinajstić information content (AvgIpc) is 3.55. The minimum absolute atomic E-state index is 0.0599. The molecule has 1 saturated heterocycles. The number of fused-ring (bicyclic) bond motifs is 1. The van der Waals surface area contributed by atoms with Gasteiger partial charge in [-0.25, -0.2) is 4.90 Å². The maximum absolute atomic E-state index is 12.8. The molecule has 4 aromatic rings. The van der Waals surface area contributed by atoms with Crippen LogP contribution in [0.2, 0.25) is 5.02 Å². The van der Waals surface area contributed by atoms with Crippen LogP contribution in [0.5, 0.6) is 0 Å². The lowest BCUT2D eigenvalue weighted by Gasteiger charge is -2.17. The van der Waals surface area contributed by atoms with E-state index in [2.05, 4.69) is 10.6 Å². The first kappa shape index (κ1) is 28.8. The summed E-state index contributed by atoms with van der Waals surface area (Å²) in [5.41, 5.74) is 4.71. The summed E-state index contributed by atoms with van der Waals surface area (Å²) in [6.07, 6.45) is 1.50. The molecule has 0 radical (unpaired) electrons. The van der Waals surface area contributed by atoms with Gasteiger partial charge < -0.3 is 15.5 Å². The third-order valence-electron chi connectivity index (χ3n) is 7.71. The molecule has 0 spiro atoms. The molecule has 5 amide bonds. The van der Waals surface area contributed by atoms with Crippen LogP contribution in [0.1, 0.15) is 44.7 Å². The minimum Gasteiger partial charge on any atom is -0.344 e. The van der Waals surface area contributed by atoms with E-state index in [-0.39, 0.29) is 40.0 Å². The second kappa shape index (κ2) is 12.1. The summed E-state index contributed by atoms with van der Waals surface area (Å²) in [4.78, 5) is 65.8. The first-order valence-electron chi connectivity index (χ1n) is 14.1. The number of benzene rings is 4. The largest absolute Gasteiger partial charge is 0.344 e. The van der Waals surface area contributed by atoms with E-state index in [9.17, 15) is 24.0 Å². The fraction of sp³-hybridized carbons (Fsp3) is 0.147. The van der Waals surface area contributed by atoms with Crippen LogP contribution in [-0.2, 0) is 27.5 Å². The lowest BCUT2D eigenvalue weighted by atomic mass is 9.98. The second-order valence-electron chi connectivity index (χ2n) is 10.6. The normalized spacial score (nSPS) is 14.2. The lowest BCUT2D eigenvalue weighted by molar-refractivity contribution is -0.136. The Morgan fingerprint density at radius 2 is 1.43 bits per heavy atom. The van der Waals surface area contributed by atoms with Crippen molar-refractivity contribution in [3.63, 3.8) is 0 Å². The van der Waals surface area contributed by atoms with Gasteiger partial charge in [-0.2, -0.15) is 0 Å². The molecule has 4 aromatic carbocycles. The van der Waals surface area contributed by atoms with E-state index in [1.165, 1.54) is 18.2 Å². The topological polar surface area (TPSA) is 116 Å². The Kier molecular flexibility index (Phi) is 7.95. The highest BCUT2D eigenvalue weighted by Crippen LogP contribution is 2.35. The molecule has 2 aliphatic rings. The SMILES string of the molecule is O=C(NCc1ccccc1-c1ccc(CN2CCCC2=O)cc1)C(=O)Nc1ccc(N2C(=O)c3ccccc3C2=O)c(Cl)c1. The van der Waals surface area contributed by atoms with Gasteiger partial charge in [-0.15, -0.1) is 0 Å². The molecule has 1 fully saturated rings. The number of carbonyl (C=O) groups is 5. The van der Waals surface area contributed by atoms with Crippen LogP contribution in [0.15, 0.2) is 91.0 Å². The third kappa shape index (κ3) is 5.69. The van der Waals surface area contributed by atoms with Gasteiger partial charge >= 0.3 is 11.8 Å². The summed E-state index contributed by atoms with van der Waals surface area (Å²) in [6, 6.07) is 26.3. The fourth-order valence-corrected chi connectivity index (χ4v) is 5.72. The number of carbonyl (C=O) groups excluding carboxylic acids is 5. The van der Waals surface area contributed by atoms with E-state index in [1.54, 1.807) is 24.3 Å². The smallest absolute Gasteiger partial charge is 0.313 e. The van der Waals surface area contributed by atoms with Crippen molar-refractivity contribution in [2.24, 2.45) is 0 Å². The highest BCUT2D eigenvalue weighted by atomic mass is 35.5. The van der Waals surface area contributed by atoms with Gasteiger partial charge in [0.2, 0.25) is 5.91 Å². The molecule has 2 heterocycles. The Morgan fingerprint density at radius 1 is 0.773 bits per heavy atom. The summed E-state index contributed by atoms with van der Waals surface area (Å²) in [5.74, 6) is -2.53. The lowest BCUT2D eigenvalue weighted by Crippen LogP contribution is -2.35. The van der Waals surface area contributed by atoms with E-state index in [0.717, 1.165) is 40.1 Å². The van der Waals surface area contributed by atoms with Gasteiger partial charge in [-0.3, -0.25) is 24.0 Å². The molecular formula is C34H27ClN4O5. The minimum atomic E-state index is -0.896. The van der Waals surface area contributed by atoms with E-state index < -0.39 is 23.6 Å². The van der Waals surface area contributed by atoms with Crippen LogP contribution in [0.25, 0.3) is 11.1 Å². The van der Waals surface area contributed by atoms with Crippen LogP contribution < -0.4 is 15.5 Å². The maximum atomic E-state index is 12.8. The van der Waals surface area contributed by atoms with Crippen molar-refractivity contribution >= 4 is 52.5 Å². The Bertz CT molecular complexity index is 1790. The molecule has 0 aromatic heterocycles. The van der Waals surface area contributed by atoms with Crippen molar-refractivity contribution in [1.82, 2.24) is 10.2 Å². The number of nitrogens with zero attached hydrogens (tertiary/aromatic N) is 2. The average molecular weight is 607 g/mol. The monoisotopic (exact) mass is 606 g/mol. The molecule has 2 N–H and O–H groups in total. The van der Waals surface area contributed by atoms with Gasteiger partial charge in [0.1, 0.15) is 0 Å². The number of hydrogen-bond donors (Lipinski definition) is 2. The number of halogens is 1. The molecule has 0 aliphatic carbocycles. The molecular weight excluding hydrogens is 580 g/mol. The van der Waals surface area contributed by atoms with E-state index in [4.69, 9.17) is 11.6 Å². The van der Waals surface area contributed by atoms with Crippen molar-refractivity contribution in [1.29, 1.82) is 0 Å². The molecule has 0 unspecified atom stereocenters. The van der Waals surface area contributed by atoms with Crippen molar-refractivity contribution < 1.29 is 24.0 Å².